The zero-order valence-corrected chi connectivity index (χ0v) is 21.2. The topological polar surface area (TPSA) is 97.7 Å². The lowest BCUT2D eigenvalue weighted by atomic mass is 9.95. The molecule has 9 nitrogen and oxygen atoms in total. The standard InChI is InChI=1S/C27H33N5O4/c1-5-24(33)29-25-18(2)30-32(20-9-7-6-8-10-20)27(25)31-15-13-19(14-16-31)26(34)28-22-12-11-21(35-3)17-23(22)36-4/h6-12,17,19H,5,13-16H2,1-4H3,(H,28,34)(H,29,33). The van der Waals surface area contributed by atoms with Crippen LogP contribution in [0.15, 0.2) is 48.5 Å². The Morgan fingerprint density at radius 3 is 2.39 bits per heavy atom. The number of aromatic nitrogens is 2. The van der Waals surface area contributed by atoms with E-state index in [1.807, 2.05) is 48.9 Å². The lowest BCUT2D eigenvalue weighted by molar-refractivity contribution is -0.120. The van der Waals surface area contributed by atoms with Crippen LogP contribution in [0.1, 0.15) is 31.9 Å². The third-order valence-electron chi connectivity index (χ3n) is 6.45. The number of amides is 2. The molecule has 2 N–H and O–H groups in total. The van der Waals surface area contributed by atoms with Gasteiger partial charge in [0, 0.05) is 31.5 Å². The first-order valence-electron chi connectivity index (χ1n) is 12.2. The third-order valence-corrected chi connectivity index (χ3v) is 6.45. The van der Waals surface area contributed by atoms with Crippen molar-refractivity contribution in [3.05, 3.63) is 54.2 Å². The molecule has 0 bridgehead atoms. The summed E-state index contributed by atoms with van der Waals surface area (Å²) in [6.07, 6.45) is 1.72. The van der Waals surface area contributed by atoms with Crippen LogP contribution in [-0.2, 0) is 9.59 Å². The Bertz CT molecular complexity index is 1220. The number of hydrogen-bond donors (Lipinski definition) is 2. The summed E-state index contributed by atoms with van der Waals surface area (Å²) in [7, 11) is 3.15. The van der Waals surface area contributed by atoms with Gasteiger partial charge in [-0.05, 0) is 44.0 Å². The molecule has 3 aromatic rings. The van der Waals surface area contributed by atoms with Crippen molar-refractivity contribution < 1.29 is 19.1 Å². The minimum absolute atomic E-state index is 0.0367. The molecule has 0 spiro atoms. The van der Waals surface area contributed by atoms with Crippen molar-refractivity contribution in [3.8, 4) is 17.2 Å². The van der Waals surface area contributed by atoms with Gasteiger partial charge in [-0.25, -0.2) is 4.68 Å². The minimum Gasteiger partial charge on any atom is -0.497 e. The summed E-state index contributed by atoms with van der Waals surface area (Å²) < 4.78 is 12.5. The number of carbonyl (C=O) groups is 2. The van der Waals surface area contributed by atoms with Crippen molar-refractivity contribution in [2.45, 2.75) is 33.1 Å². The number of carbonyl (C=O) groups excluding carboxylic acids is 2. The van der Waals surface area contributed by atoms with E-state index in [9.17, 15) is 9.59 Å². The van der Waals surface area contributed by atoms with Crippen LogP contribution in [-0.4, -0.2) is 48.9 Å². The number of nitrogens with zero attached hydrogens (tertiary/aromatic N) is 3. The molecule has 1 aromatic heterocycles. The number of aryl methyl sites for hydroxylation is 1. The Labute approximate surface area is 211 Å². The van der Waals surface area contributed by atoms with Gasteiger partial charge < -0.3 is 25.0 Å². The number of ether oxygens (including phenoxy) is 2. The van der Waals surface area contributed by atoms with Crippen LogP contribution in [0.3, 0.4) is 0 Å². The summed E-state index contributed by atoms with van der Waals surface area (Å²) in [4.78, 5) is 27.6. The molecule has 1 saturated heterocycles. The molecule has 0 radical (unpaired) electrons. The summed E-state index contributed by atoms with van der Waals surface area (Å²) in [6, 6.07) is 15.2. The molecular weight excluding hydrogens is 458 g/mol. The summed E-state index contributed by atoms with van der Waals surface area (Å²) in [6.45, 7) is 5.04. The molecule has 0 unspecified atom stereocenters. The van der Waals surface area contributed by atoms with Crippen molar-refractivity contribution in [2.75, 3.05) is 42.8 Å². The van der Waals surface area contributed by atoms with Crippen LogP contribution >= 0.6 is 0 Å². The zero-order valence-electron chi connectivity index (χ0n) is 21.2. The number of rotatable bonds is 8. The second-order valence-electron chi connectivity index (χ2n) is 8.75. The molecule has 1 aliphatic heterocycles. The van der Waals surface area contributed by atoms with Gasteiger partial charge in [-0.15, -0.1) is 0 Å². The van der Waals surface area contributed by atoms with E-state index in [2.05, 4.69) is 15.5 Å². The van der Waals surface area contributed by atoms with Gasteiger partial charge in [0.2, 0.25) is 11.8 Å². The van der Waals surface area contributed by atoms with Gasteiger partial charge in [0.1, 0.15) is 17.2 Å². The Hall–Kier alpha value is -4.01. The molecule has 0 atom stereocenters. The summed E-state index contributed by atoms with van der Waals surface area (Å²) in [5, 5.41) is 10.8. The number of nitrogens with one attached hydrogen (secondary N) is 2. The second-order valence-corrected chi connectivity index (χ2v) is 8.75. The predicted molar refractivity (Wildman–Crippen MR) is 140 cm³/mol. The number of para-hydroxylation sites is 1. The average Bonchev–Trinajstić information content (AvgIpc) is 3.24. The molecule has 36 heavy (non-hydrogen) atoms. The van der Waals surface area contributed by atoms with E-state index < -0.39 is 0 Å². The normalized spacial score (nSPS) is 13.8. The first kappa shape index (κ1) is 25.1. The highest BCUT2D eigenvalue weighted by atomic mass is 16.5. The molecule has 1 fully saturated rings. The molecule has 9 heteroatoms. The number of benzene rings is 2. The number of piperidine rings is 1. The van der Waals surface area contributed by atoms with E-state index in [0.29, 0.717) is 49.5 Å². The highest BCUT2D eigenvalue weighted by molar-refractivity contribution is 5.95. The quantitative estimate of drug-likeness (QED) is 0.485. The molecular formula is C27H33N5O4. The van der Waals surface area contributed by atoms with E-state index in [-0.39, 0.29) is 17.7 Å². The van der Waals surface area contributed by atoms with Crippen LogP contribution < -0.4 is 25.0 Å². The van der Waals surface area contributed by atoms with E-state index in [0.717, 1.165) is 22.9 Å². The van der Waals surface area contributed by atoms with Crippen LogP contribution in [0.4, 0.5) is 17.2 Å². The summed E-state index contributed by atoms with van der Waals surface area (Å²) >= 11 is 0. The average molecular weight is 492 g/mol. The Kier molecular flexibility index (Phi) is 7.77. The lowest BCUT2D eigenvalue weighted by Gasteiger charge is -2.33. The maximum absolute atomic E-state index is 13.1. The number of anilines is 3. The van der Waals surface area contributed by atoms with Gasteiger partial charge in [0.05, 0.1) is 31.3 Å². The fraction of sp³-hybridized carbons (Fsp3) is 0.370. The van der Waals surface area contributed by atoms with Gasteiger partial charge in [-0.3, -0.25) is 9.59 Å². The van der Waals surface area contributed by atoms with Gasteiger partial charge in [-0.1, -0.05) is 25.1 Å². The summed E-state index contributed by atoms with van der Waals surface area (Å²) in [5.74, 6) is 1.82. The monoisotopic (exact) mass is 491 g/mol. The molecule has 0 aliphatic carbocycles. The Morgan fingerprint density at radius 2 is 1.75 bits per heavy atom. The largest absolute Gasteiger partial charge is 0.497 e. The van der Waals surface area contributed by atoms with Crippen molar-refractivity contribution >= 4 is 29.0 Å². The fourth-order valence-corrected chi connectivity index (χ4v) is 4.42. The number of hydrogen-bond acceptors (Lipinski definition) is 6. The van der Waals surface area contributed by atoms with Crippen LogP contribution in [0, 0.1) is 12.8 Å². The van der Waals surface area contributed by atoms with Crippen LogP contribution in [0.5, 0.6) is 11.5 Å². The Morgan fingerprint density at radius 1 is 1.03 bits per heavy atom. The molecule has 190 valence electrons. The van der Waals surface area contributed by atoms with Crippen LogP contribution in [0.25, 0.3) is 5.69 Å². The second kappa shape index (κ2) is 11.2. The summed E-state index contributed by atoms with van der Waals surface area (Å²) in [5.41, 5.74) is 3.01. The lowest BCUT2D eigenvalue weighted by Crippen LogP contribution is -2.39. The smallest absolute Gasteiger partial charge is 0.227 e. The molecule has 2 heterocycles. The predicted octanol–water partition coefficient (Wildman–Crippen LogP) is 4.40. The third kappa shape index (κ3) is 5.30. The first-order chi connectivity index (χ1) is 17.4. The van der Waals surface area contributed by atoms with E-state index >= 15 is 0 Å². The van der Waals surface area contributed by atoms with Crippen molar-refractivity contribution in [3.63, 3.8) is 0 Å². The molecule has 1 aliphatic rings. The van der Waals surface area contributed by atoms with E-state index in [4.69, 9.17) is 14.6 Å². The Balaban J connectivity index is 1.52. The molecule has 2 amide bonds. The molecule has 0 saturated carbocycles. The zero-order chi connectivity index (χ0) is 25.7. The van der Waals surface area contributed by atoms with Crippen LogP contribution in [0.2, 0.25) is 0 Å². The molecule has 4 rings (SSSR count). The van der Waals surface area contributed by atoms with E-state index in [1.54, 1.807) is 32.4 Å². The van der Waals surface area contributed by atoms with Crippen molar-refractivity contribution in [1.82, 2.24) is 9.78 Å². The van der Waals surface area contributed by atoms with Gasteiger partial charge in [0.25, 0.3) is 0 Å². The van der Waals surface area contributed by atoms with E-state index in [1.165, 1.54) is 0 Å². The number of methoxy groups -OCH3 is 2. The fourth-order valence-electron chi connectivity index (χ4n) is 4.42. The molecule has 2 aromatic carbocycles. The highest BCUT2D eigenvalue weighted by Gasteiger charge is 2.30. The SMILES string of the molecule is CCC(=O)Nc1c(C)nn(-c2ccccc2)c1N1CCC(C(=O)Nc2ccc(OC)cc2OC)CC1. The van der Waals surface area contributed by atoms with Crippen molar-refractivity contribution in [2.24, 2.45) is 5.92 Å². The minimum atomic E-state index is -0.143. The van der Waals surface area contributed by atoms with Gasteiger partial charge in [-0.2, -0.15) is 5.10 Å². The highest BCUT2D eigenvalue weighted by Crippen LogP contribution is 2.36. The van der Waals surface area contributed by atoms with Crippen molar-refractivity contribution in [1.29, 1.82) is 0 Å². The van der Waals surface area contributed by atoms with Gasteiger partial charge >= 0.3 is 0 Å². The first-order valence-corrected chi connectivity index (χ1v) is 12.2. The maximum atomic E-state index is 13.1. The maximum Gasteiger partial charge on any atom is 0.227 e. The van der Waals surface area contributed by atoms with Gasteiger partial charge in [0.15, 0.2) is 5.82 Å².